The molecule has 2 aromatic heterocycles. The van der Waals surface area contributed by atoms with Crippen molar-refractivity contribution in [3.05, 3.63) is 84.4 Å². The summed E-state index contributed by atoms with van der Waals surface area (Å²) in [5.41, 5.74) is 9.25. The second-order valence-electron chi connectivity index (χ2n) is 11.2. The lowest BCUT2D eigenvalue weighted by atomic mass is 10.0. The van der Waals surface area contributed by atoms with Crippen LogP contribution in [-0.2, 0) is 11.2 Å². The summed E-state index contributed by atoms with van der Waals surface area (Å²) in [6.07, 6.45) is 6.57. The van der Waals surface area contributed by atoms with Crippen LogP contribution in [0.15, 0.2) is 73.2 Å². The molecule has 206 valence electrons. The number of Topliss-reactive ketones (excluding diaryl/α,β-unsaturated/α-hetero) is 1. The minimum Gasteiger partial charge on any atom is -0.490 e. The first kappa shape index (κ1) is 27.1. The maximum absolute atomic E-state index is 13.0. The highest BCUT2D eigenvalue weighted by Crippen LogP contribution is 2.26. The number of nitrogens with zero attached hydrogens (tertiary/aromatic N) is 3. The van der Waals surface area contributed by atoms with Crippen molar-refractivity contribution in [2.45, 2.75) is 51.7 Å². The number of aromatic nitrogens is 2. The molecular weight excluding hydrogens is 504 g/mol. The van der Waals surface area contributed by atoms with Crippen LogP contribution in [0.5, 0.6) is 5.75 Å². The van der Waals surface area contributed by atoms with Gasteiger partial charge in [0.25, 0.3) is 0 Å². The third-order valence-corrected chi connectivity index (χ3v) is 6.79. The lowest BCUT2D eigenvalue weighted by Gasteiger charge is -2.33. The van der Waals surface area contributed by atoms with Crippen LogP contribution in [0.2, 0.25) is 0 Å². The van der Waals surface area contributed by atoms with Crippen molar-refractivity contribution in [2.75, 3.05) is 18.8 Å². The Hall–Kier alpha value is -4.46. The van der Waals surface area contributed by atoms with E-state index in [-0.39, 0.29) is 24.4 Å². The topological polar surface area (TPSA) is 108 Å². The van der Waals surface area contributed by atoms with Gasteiger partial charge in [-0.2, -0.15) is 0 Å². The van der Waals surface area contributed by atoms with Gasteiger partial charge in [0.15, 0.2) is 5.78 Å². The first-order valence-electron chi connectivity index (χ1n) is 13.5. The summed E-state index contributed by atoms with van der Waals surface area (Å²) < 4.78 is 11.6. The fourth-order valence-corrected chi connectivity index (χ4v) is 4.74. The van der Waals surface area contributed by atoms with Gasteiger partial charge in [0, 0.05) is 66.7 Å². The van der Waals surface area contributed by atoms with Crippen LogP contribution in [-0.4, -0.2) is 51.5 Å². The number of carbonyl (C=O) groups excluding carboxylic acids is 2. The molecule has 4 aromatic rings. The summed E-state index contributed by atoms with van der Waals surface area (Å²) in [7, 11) is 0. The summed E-state index contributed by atoms with van der Waals surface area (Å²) in [6, 6.07) is 17.2. The molecule has 2 N–H and O–H groups in total. The highest BCUT2D eigenvalue weighted by Gasteiger charge is 2.27. The lowest BCUT2D eigenvalue weighted by molar-refractivity contribution is 0.0126. The Balaban J connectivity index is 1.18. The normalized spacial score (nSPS) is 14.2. The molecule has 5 rings (SSSR count). The minimum absolute atomic E-state index is 0.00929. The molecule has 1 aliphatic heterocycles. The molecule has 8 nitrogen and oxygen atoms in total. The average molecular weight is 539 g/mol. The highest BCUT2D eigenvalue weighted by atomic mass is 16.6. The van der Waals surface area contributed by atoms with Gasteiger partial charge in [-0.05, 0) is 74.2 Å². The number of hydrogen-bond donors (Lipinski definition) is 1. The van der Waals surface area contributed by atoms with E-state index in [0.29, 0.717) is 35.8 Å². The fourth-order valence-electron chi connectivity index (χ4n) is 4.74. The lowest BCUT2D eigenvalue weighted by Crippen LogP contribution is -2.44. The third-order valence-electron chi connectivity index (χ3n) is 6.79. The molecule has 0 spiro atoms. The Morgan fingerprint density at radius 1 is 0.925 bits per heavy atom. The number of amides is 1. The van der Waals surface area contributed by atoms with Crippen LogP contribution in [0.1, 0.15) is 49.7 Å². The van der Waals surface area contributed by atoms with Crippen LogP contribution < -0.4 is 10.5 Å². The van der Waals surface area contributed by atoms with Gasteiger partial charge in [0.2, 0.25) is 0 Å². The van der Waals surface area contributed by atoms with Gasteiger partial charge >= 0.3 is 6.09 Å². The summed E-state index contributed by atoms with van der Waals surface area (Å²) >= 11 is 0. The maximum Gasteiger partial charge on any atom is 0.410 e. The highest BCUT2D eigenvalue weighted by molar-refractivity contribution is 5.98. The van der Waals surface area contributed by atoms with Crippen molar-refractivity contribution in [3.63, 3.8) is 0 Å². The van der Waals surface area contributed by atoms with Gasteiger partial charge in [-0.15, -0.1) is 0 Å². The van der Waals surface area contributed by atoms with Gasteiger partial charge in [-0.25, -0.2) is 4.79 Å². The molecule has 0 aliphatic carbocycles. The largest absolute Gasteiger partial charge is 0.490 e. The predicted octanol–water partition coefficient (Wildman–Crippen LogP) is 6.08. The number of ketones is 1. The summed E-state index contributed by atoms with van der Waals surface area (Å²) in [5, 5.41) is 1.99. The number of pyridine rings is 2. The van der Waals surface area contributed by atoms with E-state index >= 15 is 0 Å². The zero-order chi connectivity index (χ0) is 28.3. The Labute approximate surface area is 234 Å². The van der Waals surface area contributed by atoms with E-state index in [1.165, 1.54) is 0 Å². The molecule has 8 heteroatoms. The molecule has 1 amide bonds. The zero-order valence-corrected chi connectivity index (χ0v) is 23.1. The number of ether oxygens (including phenoxy) is 2. The standard InChI is InChI=1S/C32H34N4O4/c1-32(2,3)40-31(38)36-12-10-29(11-13-36)39-28-8-6-21(7-9-28)30(37)17-27-16-24-14-22(4-5-23(24)19-35-27)25-15-26(33)20-34-18-25/h4-9,14-16,18-20,29H,10-13,17,33H2,1-3H3. The van der Waals surface area contributed by atoms with Crippen molar-refractivity contribution in [1.82, 2.24) is 14.9 Å². The first-order chi connectivity index (χ1) is 19.1. The minimum atomic E-state index is -0.507. The molecule has 0 saturated carbocycles. The van der Waals surface area contributed by atoms with Crippen molar-refractivity contribution in [2.24, 2.45) is 0 Å². The maximum atomic E-state index is 13.0. The van der Waals surface area contributed by atoms with Crippen LogP contribution >= 0.6 is 0 Å². The van der Waals surface area contributed by atoms with Crippen LogP contribution in [0.3, 0.4) is 0 Å². The molecule has 1 saturated heterocycles. The second-order valence-corrected chi connectivity index (χ2v) is 11.2. The number of fused-ring (bicyclic) bond motifs is 1. The van der Waals surface area contributed by atoms with Gasteiger partial charge in [0.1, 0.15) is 17.5 Å². The molecule has 0 radical (unpaired) electrons. The molecule has 1 aliphatic rings. The molecule has 40 heavy (non-hydrogen) atoms. The van der Waals surface area contributed by atoms with E-state index in [0.717, 1.165) is 34.7 Å². The number of nitrogen functional groups attached to an aromatic ring is 1. The number of benzene rings is 2. The van der Waals surface area contributed by atoms with E-state index in [1.54, 1.807) is 35.6 Å². The Kier molecular flexibility index (Phi) is 7.69. The predicted molar refractivity (Wildman–Crippen MR) is 155 cm³/mol. The average Bonchev–Trinajstić information content (AvgIpc) is 2.92. The Bertz CT molecular complexity index is 1520. The van der Waals surface area contributed by atoms with Gasteiger partial charge in [-0.3, -0.25) is 14.8 Å². The molecular formula is C32H34N4O4. The van der Waals surface area contributed by atoms with E-state index < -0.39 is 5.60 Å². The van der Waals surface area contributed by atoms with Gasteiger partial charge in [0.05, 0.1) is 12.1 Å². The number of rotatable bonds is 6. The number of nitrogens with two attached hydrogens (primary N) is 1. The van der Waals surface area contributed by atoms with Gasteiger partial charge in [-0.1, -0.05) is 12.1 Å². The van der Waals surface area contributed by atoms with Crippen LogP contribution in [0.4, 0.5) is 10.5 Å². The van der Waals surface area contributed by atoms with Crippen molar-refractivity contribution in [1.29, 1.82) is 0 Å². The van der Waals surface area contributed by atoms with E-state index in [9.17, 15) is 9.59 Å². The van der Waals surface area contributed by atoms with E-state index in [2.05, 4.69) is 16.0 Å². The third kappa shape index (κ3) is 6.75. The first-order valence-corrected chi connectivity index (χ1v) is 13.5. The van der Waals surface area contributed by atoms with Gasteiger partial charge < -0.3 is 20.1 Å². The Morgan fingerprint density at radius 3 is 2.38 bits per heavy atom. The summed E-state index contributed by atoms with van der Waals surface area (Å²) in [5.74, 6) is 0.694. The number of anilines is 1. The molecule has 2 aromatic carbocycles. The SMILES string of the molecule is CC(C)(C)OC(=O)N1CCC(Oc2ccc(C(=O)Cc3cc4cc(-c5cncc(N)c5)ccc4cn3)cc2)CC1. The summed E-state index contributed by atoms with van der Waals surface area (Å²) in [6.45, 7) is 6.78. The van der Waals surface area contributed by atoms with E-state index in [4.69, 9.17) is 15.2 Å². The molecule has 0 atom stereocenters. The van der Waals surface area contributed by atoms with Crippen molar-refractivity contribution in [3.8, 4) is 16.9 Å². The van der Waals surface area contributed by atoms with Crippen LogP contribution in [0, 0.1) is 0 Å². The van der Waals surface area contributed by atoms with Crippen LogP contribution in [0.25, 0.3) is 21.9 Å². The molecule has 3 heterocycles. The number of hydrogen-bond acceptors (Lipinski definition) is 7. The summed E-state index contributed by atoms with van der Waals surface area (Å²) in [4.78, 5) is 35.7. The van der Waals surface area contributed by atoms with Crippen molar-refractivity contribution >= 4 is 28.3 Å². The molecule has 0 unspecified atom stereocenters. The Morgan fingerprint density at radius 2 is 1.68 bits per heavy atom. The monoisotopic (exact) mass is 538 g/mol. The number of likely N-dealkylation sites (tertiary alicyclic amines) is 1. The second kappa shape index (κ2) is 11.3. The van der Waals surface area contributed by atoms with Crippen molar-refractivity contribution < 1.29 is 19.1 Å². The molecule has 1 fully saturated rings. The smallest absolute Gasteiger partial charge is 0.410 e. The fraction of sp³-hybridized carbons (Fsp3) is 0.312. The quantitative estimate of drug-likeness (QED) is 0.296. The number of piperidine rings is 1. The van der Waals surface area contributed by atoms with E-state index in [1.807, 2.05) is 57.2 Å². The number of carbonyl (C=O) groups is 2. The molecule has 0 bridgehead atoms. The zero-order valence-electron chi connectivity index (χ0n) is 23.1.